The van der Waals surface area contributed by atoms with E-state index in [4.69, 9.17) is 4.52 Å². The van der Waals surface area contributed by atoms with Gasteiger partial charge in [0, 0.05) is 17.3 Å². The molecule has 0 saturated heterocycles. The number of nitrogens with one attached hydrogen (secondary N) is 2. The average molecular weight is 385 g/mol. The van der Waals surface area contributed by atoms with Crippen molar-refractivity contribution >= 4 is 27.4 Å². The van der Waals surface area contributed by atoms with Crippen LogP contribution < -0.4 is 10.0 Å². The van der Waals surface area contributed by atoms with Crippen molar-refractivity contribution in [2.24, 2.45) is 0 Å². The van der Waals surface area contributed by atoms with E-state index in [0.717, 1.165) is 12.0 Å². The molecule has 0 aliphatic rings. The van der Waals surface area contributed by atoms with E-state index in [2.05, 4.69) is 15.2 Å². The van der Waals surface area contributed by atoms with Gasteiger partial charge in [-0.25, -0.2) is 8.42 Å². The van der Waals surface area contributed by atoms with Gasteiger partial charge >= 0.3 is 0 Å². The summed E-state index contributed by atoms with van der Waals surface area (Å²) in [4.78, 5) is 12.4. The first-order valence-electron chi connectivity index (χ1n) is 8.34. The molecule has 7 nitrogen and oxygen atoms in total. The fourth-order valence-electron chi connectivity index (χ4n) is 2.44. The second-order valence-electron chi connectivity index (χ2n) is 5.96. The molecule has 0 bridgehead atoms. The molecule has 0 fully saturated rings. The summed E-state index contributed by atoms with van der Waals surface area (Å²) in [7, 11) is -3.89. The van der Waals surface area contributed by atoms with Gasteiger partial charge in [-0.3, -0.25) is 9.52 Å². The Morgan fingerprint density at radius 3 is 2.48 bits per heavy atom. The summed E-state index contributed by atoms with van der Waals surface area (Å²) >= 11 is 0. The second kappa shape index (κ2) is 7.63. The molecule has 8 heteroatoms. The molecular weight excluding hydrogens is 366 g/mol. The zero-order valence-corrected chi connectivity index (χ0v) is 15.7. The van der Waals surface area contributed by atoms with E-state index in [1.807, 2.05) is 31.2 Å². The number of rotatable bonds is 6. The average Bonchev–Trinajstić information content (AvgIpc) is 3.06. The zero-order chi connectivity index (χ0) is 19.4. The van der Waals surface area contributed by atoms with Gasteiger partial charge in [-0.2, -0.15) is 0 Å². The Morgan fingerprint density at radius 1 is 1.11 bits per heavy atom. The fraction of sp³-hybridized carbons (Fsp3) is 0.158. The number of anilines is 2. The van der Waals surface area contributed by atoms with Crippen LogP contribution in [0.5, 0.6) is 0 Å². The number of carbonyl (C=O) groups excluding carboxylic acids is 1. The highest BCUT2D eigenvalue weighted by molar-refractivity contribution is 7.92. The zero-order valence-electron chi connectivity index (χ0n) is 14.9. The minimum atomic E-state index is -3.89. The van der Waals surface area contributed by atoms with E-state index in [0.29, 0.717) is 11.4 Å². The largest absolute Gasteiger partial charge is 0.360 e. The Balaban J connectivity index is 1.78. The van der Waals surface area contributed by atoms with E-state index >= 15 is 0 Å². The summed E-state index contributed by atoms with van der Waals surface area (Å²) in [6, 6.07) is 14.7. The van der Waals surface area contributed by atoms with Crippen molar-refractivity contribution in [2.75, 3.05) is 10.0 Å². The quantitative estimate of drug-likeness (QED) is 0.675. The molecule has 1 heterocycles. The molecular formula is C19H19N3O4S. The van der Waals surface area contributed by atoms with Crippen molar-refractivity contribution in [3.63, 3.8) is 0 Å². The predicted octanol–water partition coefficient (Wildman–Crippen LogP) is 3.60. The minimum Gasteiger partial charge on any atom is -0.360 e. The van der Waals surface area contributed by atoms with Gasteiger partial charge in [-0.15, -0.1) is 0 Å². The van der Waals surface area contributed by atoms with E-state index in [1.165, 1.54) is 24.3 Å². The lowest BCUT2D eigenvalue weighted by atomic mass is 10.1. The number of amides is 1. The van der Waals surface area contributed by atoms with Crippen molar-refractivity contribution in [1.29, 1.82) is 0 Å². The highest BCUT2D eigenvalue weighted by Gasteiger charge is 2.18. The van der Waals surface area contributed by atoms with E-state index in [9.17, 15) is 13.2 Å². The third-order valence-electron chi connectivity index (χ3n) is 3.89. The highest BCUT2D eigenvalue weighted by Crippen LogP contribution is 2.18. The van der Waals surface area contributed by atoms with Crippen LogP contribution in [-0.4, -0.2) is 19.5 Å². The van der Waals surface area contributed by atoms with Crippen LogP contribution in [0.2, 0.25) is 0 Å². The standard InChI is InChI=1S/C19H19N3O4S/c1-3-14-7-9-16(10-8-14)20-19(23)15-5-4-6-17(12-15)27(24,25)22-18-11-13(2)26-21-18/h4-12H,3H2,1-2H3,(H,20,23)(H,21,22). The number of aryl methyl sites for hydroxylation is 2. The van der Waals surface area contributed by atoms with Gasteiger partial charge in [0.25, 0.3) is 15.9 Å². The normalized spacial score (nSPS) is 11.2. The van der Waals surface area contributed by atoms with Crippen LogP contribution in [0, 0.1) is 6.92 Å². The van der Waals surface area contributed by atoms with Crippen molar-refractivity contribution in [2.45, 2.75) is 25.2 Å². The SMILES string of the molecule is CCc1ccc(NC(=O)c2cccc(S(=O)(=O)Nc3cc(C)on3)c2)cc1. The number of nitrogens with zero attached hydrogens (tertiary/aromatic N) is 1. The van der Waals surface area contributed by atoms with Crippen molar-refractivity contribution in [1.82, 2.24) is 5.16 Å². The van der Waals surface area contributed by atoms with Crippen LogP contribution in [0.1, 0.15) is 28.6 Å². The second-order valence-corrected chi connectivity index (χ2v) is 7.64. The van der Waals surface area contributed by atoms with Crippen molar-refractivity contribution in [3.05, 3.63) is 71.5 Å². The lowest BCUT2D eigenvalue weighted by Crippen LogP contribution is -2.16. The summed E-state index contributed by atoms with van der Waals surface area (Å²) in [5.41, 5.74) is 2.03. The molecule has 1 amide bonds. The lowest BCUT2D eigenvalue weighted by Gasteiger charge is -2.09. The van der Waals surface area contributed by atoms with Crippen LogP contribution >= 0.6 is 0 Å². The number of benzene rings is 2. The summed E-state index contributed by atoms with van der Waals surface area (Å²) in [5.74, 6) is 0.168. The number of sulfonamides is 1. The van der Waals surface area contributed by atoms with Gasteiger partial charge in [0.2, 0.25) is 0 Å². The molecule has 0 spiro atoms. The number of carbonyl (C=O) groups is 1. The monoisotopic (exact) mass is 385 g/mol. The minimum absolute atomic E-state index is 0.0443. The third-order valence-corrected chi connectivity index (χ3v) is 5.25. The Kier molecular flexibility index (Phi) is 5.27. The van der Waals surface area contributed by atoms with Gasteiger partial charge in [0.15, 0.2) is 5.82 Å². The maximum Gasteiger partial charge on any atom is 0.263 e. The number of hydrogen-bond acceptors (Lipinski definition) is 5. The molecule has 0 radical (unpaired) electrons. The highest BCUT2D eigenvalue weighted by atomic mass is 32.2. The molecule has 0 aliphatic heterocycles. The molecule has 1 aromatic heterocycles. The summed E-state index contributed by atoms with van der Waals surface area (Å²) in [6.45, 7) is 3.71. The Bertz CT molecular complexity index is 1060. The maximum absolute atomic E-state index is 12.5. The van der Waals surface area contributed by atoms with E-state index < -0.39 is 15.9 Å². The molecule has 3 rings (SSSR count). The van der Waals surface area contributed by atoms with E-state index in [1.54, 1.807) is 13.0 Å². The number of hydrogen-bond donors (Lipinski definition) is 2. The molecule has 2 N–H and O–H groups in total. The number of aromatic nitrogens is 1. The third kappa shape index (κ3) is 4.53. The lowest BCUT2D eigenvalue weighted by molar-refractivity contribution is 0.102. The van der Waals surface area contributed by atoms with Gasteiger partial charge in [-0.1, -0.05) is 30.3 Å². The van der Waals surface area contributed by atoms with Crippen molar-refractivity contribution < 1.29 is 17.7 Å². The first kappa shape index (κ1) is 18.7. The Morgan fingerprint density at radius 2 is 1.85 bits per heavy atom. The topological polar surface area (TPSA) is 101 Å². The fourth-order valence-corrected chi connectivity index (χ4v) is 3.47. The van der Waals surface area contributed by atoms with Gasteiger partial charge in [0.05, 0.1) is 4.90 Å². The molecule has 0 atom stereocenters. The summed E-state index contributed by atoms with van der Waals surface area (Å²) in [6.07, 6.45) is 0.909. The van der Waals surface area contributed by atoms with Crippen LogP contribution in [0.15, 0.2) is 64.0 Å². The first-order valence-corrected chi connectivity index (χ1v) is 9.82. The molecule has 0 aliphatic carbocycles. The smallest absolute Gasteiger partial charge is 0.263 e. The van der Waals surface area contributed by atoms with E-state index in [-0.39, 0.29) is 16.3 Å². The molecule has 2 aromatic carbocycles. The van der Waals surface area contributed by atoms with Crippen molar-refractivity contribution in [3.8, 4) is 0 Å². The van der Waals surface area contributed by atoms with Crippen LogP contribution in [0.25, 0.3) is 0 Å². The summed E-state index contributed by atoms with van der Waals surface area (Å²) in [5, 5.41) is 6.37. The van der Waals surface area contributed by atoms with Crippen LogP contribution in [0.4, 0.5) is 11.5 Å². The Labute approximate surface area is 157 Å². The molecule has 0 saturated carbocycles. The van der Waals surface area contributed by atoms with Gasteiger partial charge < -0.3 is 9.84 Å². The summed E-state index contributed by atoms with van der Waals surface area (Å²) < 4.78 is 32.1. The van der Waals surface area contributed by atoms with Gasteiger partial charge in [0.1, 0.15) is 5.76 Å². The van der Waals surface area contributed by atoms with Crippen LogP contribution in [0.3, 0.4) is 0 Å². The molecule has 140 valence electrons. The molecule has 0 unspecified atom stereocenters. The maximum atomic E-state index is 12.5. The predicted molar refractivity (Wildman–Crippen MR) is 102 cm³/mol. The van der Waals surface area contributed by atoms with Gasteiger partial charge in [-0.05, 0) is 49.2 Å². The van der Waals surface area contributed by atoms with Crippen LogP contribution in [-0.2, 0) is 16.4 Å². The Hall–Kier alpha value is -3.13. The first-order chi connectivity index (χ1) is 12.9. The molecule has 27 heavy (non-hydrogen) atoms. The molecule has 3 aromatic rings.